The van der Waals surface area contributed by atoms with Crippen molar-refractivity contribution in [2.24, 2.45) is 5.73 Å². The number of methoxy groups -OCH3 is 1. The number of benzene rings is 2. The molecule has 5 rings (SSSR count). The Morgan fingerprint density at radius 1 is 1.10 bits per heavy atom. The van der Waals surface area contributed by atoms with E-state index in [4.69, 9.17) is 15.2 Å². The number of carbonyl (C=O) groups excluding carboxylic acids is 1. The van der Waals surface area contributed by atoms with Crippen LogP contribution in [0.4, 0.5) is 14.9 Å². The van der Waals surface area contributed by atoms with Crippen molar-refractivity contribution in [3.63, 3.8) is 0 Å². The third-order valence-electron chi connectivity index (χ3n) is 6.53. The lowest BCUT2D eigenvalue weighted by molar-refractivity contribution is 0.0995. The van der Waals surface area contributed by atoms with E-state index in [9.17, 15) is 14.7 Å². The molecule has 0 aliphatic carbocycles. The zero-order chi connectivity index (χ0) is 29.4. The van der Waals surface area contributed by atoms with Crippen LogP contribution in [0, 0.1) is 12.7 Å². The molecule has 0 aliphatic rings. The van der Waals surface area contributed by atoms with Crippen molar-refractivity contribution in [3.05, 3.63) is 65.9 Å². The van der Waals surface area contributed by atoms with Crippen LogP contribution in [0.1, 0.15) is 29.9 Å². The molecular formula is C28H25FN6O5S. The molecular weight excluding hydrogens is 551 g/mol. The Labute approximate surface area is 237 Å². The van der Waals surface area contributed by atoms with E-state index < -0.39 is 30.0 Å². The van der Waals surface area contributed by atoms with E-state index in [1.54, 1.807) is 19.9 Å². The first-order chi connectivity index (χ1) is 19.5. The minimum absolute atomic E-state index is 0.0522. The van der Waals surface area contributed by atoms with E-state index in [1.807, 2.05) is 19.1 Å². The molecule has 0 bridgehead atoms. The molecule has 5 aromatic rings. The Balaban J connectivity index is 1.46. The lowest BCUT2D eigenvalue weighted by Crippen LogP contribution is -2.46. The molecule has 41 heavy (non-hydrogen) atoms. The number of carboxylic acid groups (broad SMARTS) is 1. The molecule has 0 saturated heterocycles. The summed E-state index contributed by atoms with van der Waals surface area (Å²) in [5, 5.41) is 10.5. The highest BCUT2D eigenvalue weighted by atomic mass is 32.1. The van der Waals surface area contributed by atoms with E-state index >= 15 is 4.39 Å². The average molecular weight is 577 g/mol. The number of anilines is 1. The van der Waals surface area contributed by atoms with Gasteiger partial charge in [-0.15, -0.1) is 11.3 Å². The van der Waals surface area contributed by atoms with Crippen LogP contribution in [0.2, 0.25) is 0 Å². The predicted octanol–water partition coefficient (Wildman–Crippen LogP) is 5.20. The second-order valence-corrected chi connectivity index (χ2v) is 10.4. The third kappa shape index (κ3) is 5.43. The first-order valence-electron chi connectivity index (χ1n) is 12.4. The summed E-state index contributed by atoms with van der Waals surface area (Å²) in [5.41, 5.74) is 8.82. The molecule has 3 aromatic heterocycles. The van der Waals surface area contributed by atoms with E-state index in [-0.39, 0.29) is 17.1 Å². The van der Waals surface area contributed by atoms with Crippen LogP contribution >= 0.6 is 11.3 Å². The molecule has 210 valence electrons. The van der Waals surface area contributed by atoms with Crippen molar-refractivity contribution in [2.75, 3.05) is 12.0 Å². The summed E-state index contributed by atoms with van der Waals surface area (Å²) in [4.78, 5) is 42.2. The number of aromatic nitrogens is 4. The fourth-order valence-corrected chi connectivity index (χ4v) is 5.37. The first-order valence-corrected chi connectivity index (χ1v) is 13.2. The number of nitrogens with zero attached hydrogens (tertiary/aromatic N) is 5. The average Bonchev–Trinajstić information content (AvgIpc) is 3.34. The molecule has 0 fully saturated rings. The van der Waals surface area contributed by atoms with Crippen LogP contribution in [0.5, 0.6) is 11.6 Å². The highest BCUT2D eigenvalue weighted by Crippen LogP contribution is 2.37. The maximum Gasteiger partial charge on any atom is 0.412 e. The smallest absolute Gasteiger partial charge is 0.412 e. The van der Waals surface area contributed by atoms with Gasteiger partial charge >= 0.3 is 6.09 Å². The van der Waals surface area contributed by atoms with Crippen molar-refractivity contribution in [3.8, 4) is 22.2 Å². The number of thiazole rings is 1. The molecule has 2 amide bonds. The van der Waals surface area contributed by atoms with Crippen molar-refractivity contribution in [1.82, 2.24) is 19.9 Å². The van der Waals surface area contributed by atoms with E-state index in [0.717, 1.165) is 16.0 Å². The Bertz CT molecular complexity index is 1810. The minimum atomic E-state index is -1.29. The number of primary amides is 1. The molecule has 3 heterocycles. The number of hydrogen-bond donors (Lipinski definition) is 2. The second kappa shape index (κ2) is 10.9. The standard InChI is InChI=1S/C28H25FN6O5S/c1-13-7-17(25-20(8-13)33-24(39-4)12-32-25)27-34-19-10-18(29)22(11-23(19)41-27)40-15(3)14(2)35(28(37)38)16-5-6-31-21(9-16)26(30)36/h5-12,14-15H,1-4H3,(H2,30,36)(H,37,38)/t14?,15-/m0/s1. The van der Waals surface area contributed by atoms with E-state index in [2.05, 4.69) is 19.9 Å². The van der Waals surface area contributed by atoms with Gasteiger partial charge in [0.2, 0.25) is 5.88 Å². The van der Waals surface area contributed by atoms with Gasteiger partial charge in [0, 0.05) is 23.9 Å². The molecule has 11 nitrogen and oxygen atoms in total. The fourth-order valence-electron chi connectivity index (χ4n) is 4.38. The molecule has 13 heteroatoms. The number of amides is 2. The van der Waals surface area contributed by atoms with Gasteiger partial charge in [0.25, 0.3) is 5.91 Å². The summed E-state index contributed by atoms with van der Waals surface area (Å²) in [7, 11) is 1.52. The normalized spacial score (nSPS) is 12.7. The number of carbonyl (C=O) groups is 2. The topological polar surface area (TPSA) is 154 Å². The van der Waals surface area contributed by atoms with Crippen molar-refractivity contribution in [1.29, 1.82) is 0 Å². The number of rotatable bonds is 8. The summed E-state index contributed by atoms with van der Waals surface area (Å²) < 4.78 is 27.0. The number of ether oxygens (including phenoxy) is 2. The summed E-state index contributed by atoms with van der Waals surface area (Å²) in [6.45, 7) is 5.18. The third-order valence-corrected chi connectivity index (χ3v) is 7.58. The summed E-state index contributed by atoms with van der Waals surface area (Å²) in [6, 6.07) is 8.61. The summed E-state index contributed by atoms with van der Waals surface area (Å²) in [5.74, 6) is -1.10. The Morgan fingerprint density at radius 3 is 2.59 bits per heavy atom. The quantitative estimate of drug-likeness (QED) is 0.254. The maximum atomic E-state index is 15.2. The van der Waals surface area contributed by atoms with Crippen LogP contribution in [-0.2, 0) is 0 Å². The molecule has 0 radical (unpaired) electrons. The van der Waals surface area contributed by atoms with Gasteiger partial charge in [-0.1, -0.05) is 0 Å². The van der Waals surface area contributed by atoms with Gasteiger partial charge < -0.3 is 20.3 Å². The lowest BCUT2D eigenvalue weighted by Gasteiger charge is -2.31. The predicted molar refractivity (Wildman–Crippen MR) is 152 cm³/mol. The molecule has 3 N–H and O–H groups in total. The van der Waals surface area contributed by atoms with Crippen molar-refractivity contribution in [2.45, 2.75) is 32.9 Å². The number of nitrogens with two attached hydrogens (primary N) is 1. The van der Waals surface area contributed by atoms with Crippen LogP contribution in [-0.4, -0.2) is 56.3 Å². The molecule has 0 aliphatic heterocycles. The van der Waals surface area contributed by atoms with Crippen LogP contribution < -0.4 is 20.1 Å². The summed E-state index contributed by atoms with van der Waals surface area (Å²) in [6.07, 6.45) is 0.743. The lowest BCUT2D eigenvalue weighted by atomic mass is 10.1. The second-order valence-electron chi connectivity index (χ2n) is 9.34. The maximum absolute atomic E-state index is 15.2. The van der Waals surface area contributed by atoms with Crippen LogP contribution in [0.15, 0.2) is 48.8 Å². The molecule has 0 spiro atoms. The van der Waals surface area contributed by atoms with Gasteiger partial charge in [-0.05, 0) is 50.6 Å². The molecule has 0 saturated carbocycles. The fraction of sp³-hybridized carbons (Fsp3) is 0.214. The van der Waals surface area contributed by atoms with Crippen LogP contribution in [0.25, 0.3) is 31.8 Å². The monoisotopic (exact) mass is 576 g/mol. The zero-order valence-corrected chi connectivity index (χ0v) is 23.3. The highest BCUT2D eigenvalue weighted by molar-refractivity contribution is 7.21. The molecule has 2 aromatic carbocycles. The number of halogens is 1. The summed E-state index contributed by atoms with van der Waals surface area (Å²) >= 11 is 1.34. The number of hydrogen-bond acceptors (Lipinski definition) is 9. The molecule has 2 atom stereocenters. The highest BCUT2D eigenvalue weighted by Gasteiger charge is 2.29. The van der Waals surface area contributed by atoms with Gasteiger partial charge in [0.1, 0.15) is 16.8 Å². The van der Waals surface area contributed by atoms with Gasteiger partial charge in [-0.3, -0.25) is 14.7 Å². The largest absolute Gasteiger partial charge is 0.485 e. The minimum Gasteiger partial charge on any atom is -0.485 e. The Kier molecular flexibility index (Phi) is 7.37. The first kappa shape index (κ1) is 27.6. The SMILES string of the molecule is COc1cnc2c(-c3nc4cc(F)c(O[C@@H](C)C(C)N(C(=O)O)c5ccnc(C(N)=O)c5)cc4s3)cc(C)cc2n1. The Hall–Kier alpha value is -4.91. The number of aryl methyl sites for hydroxylation is 1. The van der Waals surface area contributed by atoms with Gasteiger partial charge in [0.15, 0.2) is 11.6 Å². The van der Waals surface area contributed by atoms with Gasteiger partial charge in [-0.25, -0.2) is 24.1 Å². The van der Waals surface area contributed by atoms with E-state index in [1.165, 1.54) is 49.0 Å². The van der Waals surface area contributed by atoms with Crippen molar-refractivity contribution < 1.29 is 28.6 Å². The van der Waals surface area contributed by atoms with E-state index in [0.29, 0.717) is 32.1 Å². The van der Waals surface area contributed by atoms with Gasteiger partial charge in [0.05, 0.1) is 46.3 Å². The van der Waals surface area contributed by atoms with Crippen LogP contribution in [0.3, 0.4) is 0 Å². The number of pyridine rings is 1. The van der Waals surface area contributed by atoms with Gasteiger partial charge in [-0.2, -0.15) is 0 Å². The Morgan fingerprint density at radius 2 is 1.88 bits per heavy atom. The zero-order valence-electron chi connectivity index (χ0n) is 22.5. The van der Waals surface area contributed by atoms with Crippen molar-refractivity contribution >= 4 is 50.3 Å². The molecule has 1 unspecified atom stereocenters. The number of fused-ring (bicyclic) bond motifs is 2.